The number of carbonyl (C=O) groups excluding carboxylic acids is 1. The summed E-state index contributed by atoms with van der Waals surface area (Å²) in [7, 11) is 0. The summed E-state index contributed by atoms with van der Waals surface area (Å²) >= 11 is 0. The molecule has 0 spiro atoms. The number of amides is 1. The number of hydrogen-bond acceptors (Lipinski definition) is 5. The molecule has 4 rings (SSSR count). The number of benzene rings is 2. The van der Waals surface area contributed by atoms with Crippen molar-refractivity contribution in [2.45, 2.75) is 38.7 Å². The van der Waals surface area contributed by atoms with Crippen molar-refractivity contribution in [1.82, 2.24) is 15.2 Å². The van der Waals surface area contributed by atoms with E-state index in [9.17, 15) is 18.0 Å². The largest absolute Gasteiger partial charge is 0.486 e. The highest BCUT2D eigenvalue weighted by molar-refractivity contribution is 5.96. The van der Waals surface area contributed by atoms with Gasteiger partial charge in [0, 0.05) is 36.8 Å². The second kappa shape index (κ2) is 10.7. The average molecular weight is 500 g/mol. The zero-order valence-electron chi connectivity index (χ0n) is 20.0. The number of rotatable bonds is 8. The van der Waals surface area contributed by atoms with Crippen LogP contribution in [0.5, 0.6) is 5.75 Å². The van der Waals surface area contributed by atoms with Crippen LogP contribution < -0.4 is 10.1 Å². The lowest BCUT2D eigenvalue weighted by atomic mass is 10.0. The second-order valence-corrected chi connectivity index (χ2v) is 9.09. The summed E-state index contributed by atoms with van der Waals surface area (Å²) in [6.45, 7) is 5.39. The number of alkyl halides is 3. The van der Waals surface area contributed by atoms with Gasteiger partial charge in [-0.05, 0) is 61.4 Å². The van der Waals surface area contributed by atoms with E-state index >= 15 is 0 Å². The molecule has 6 nitrogen and oxygen atoms in total. The number of halogens is 3. The van der Waals surface area contributed by atoms with Crippen LogP contribution in [0.25, 0.3) is 11.3 Å². The number of aromatic nitrogens is 1. The predicted octanol–water partition coefficient (Wildman–Crippen LogP) is 4.45. The van der Waals surface area contributed by atoms with Crippen molar-refractivity contribution < 1.29 is 27.8 Å². The number of nitrogens with zero attached hydrogens (tertiary/aromatic N) is 2. The van der Waals surface area contributed by atoms with Crippen molar-refractivity contribution in [3.05, 3.63) is 83.0 Å². The summed E-state index contributed by atoms with van der Waals surface area (Å²) in [5.41, 5.74) is 3.16. The van der Waals surface area contributed by atoms with Crippen LogP contribution in [0.1, 0.15) is 34.0 Å². The van der Waals surface area contributed by atoms with Gasteiger partial charge in [0.05, 0.1) is 24.1 Å². The van der Waals surface area contributed by atoms with Gasteiger partial charge in [-0.1, -0.05) is 18.2 Å². The van der Waals surface area contributed by atoms with Crippen molar-refractivity contribution >= 4 is 5.91 Å². The molecule has 2 N–H and O–H groups in total. The van der Waals surface area contributed by atoms with E-state index in [-0.39, 0.29) is 24.7 Å². The first-order valence-electron chi connectivity index (χ1n) is 11.7. The number of pyridine rings is 1. The Labute approximate surface area is 207 Å². The number of ether oxygens (including phenoxy) is 1. The van der Waals surface area contributed by atoms with Crippen LogP contribution in [-0.2, 0) is 12.7 Å². The predicted molar refractivity (Wildman–Crippen MR) is 130 cm³/mol. The zero-order valence-corrected chi connectivity index (χ0v) is 20.0. The van der Waals surface area contributed by atoms with Crippen LogP contribution in [0, 0.1) is 6.92 Å². The van der Waals surface area contributed by atoms with Gasteiger partial charge in [0.15, 0.2) is 0 Å². The Morgan fingerprint density at radius 1 is 1.17 bits per heavy atom. The molecule has 2 aromatic carbocycles. The van der Waals surface area contributed by atoms with Crippen molar-refractivity contribution in [2.75, 3.05) is 19.7 Å². The number of likely N-dealkylation sites (tertiary alicyclic amines) is 1. The van der Waals surface area contributed by atoms with E-state index in [1.54, 1.807) is 19.2 Å². The van der Waals surface area contributed by atoms with Crippen LogP contribution in [0.3, 0.4) is 0 Å². The normalized spacial score (nSPS) is 15.3. The van der Waals surface area contributed by atoms with Crippen molar-refractivity contribution in [2.24, 2.45) is 0 Å². The maximum atomic E-state index is 12.7. The fourth-order valence-electron chi connectivity index (χ4n) is 4.02. The van der Waals surface area contributed by atoms with Gasteiger partial charge < -0.3 is 15.2 Å². The lowest BCUT2D eigenvalue weighted by Crippen LogP contribution is -2.53. The highest BCUT2D eigenvalue weighted by atomic mass is 19.4. The van der Waals surface area contributed by atoms with Gasteiger partial charge in [-0.15, -0.1) is 0 Å². The number of aliphatic hydroxyl groups is 1. The Hall–Kier alpha value is -3.43. The molecular weight excluding hydrogens is 471 g/mol. The minimum absolute atomic E-state index is 0.00606. The molecule has 0 saturated carbocycles. The number of carbonyl (C=O) groups is 1. The summed E-state index contributed by atoms with van der Waals surface area (Å²) in [6.07, 6.45) is -2.67. The molecule has 9 heteroatoms. The molecule has 1 aliphatic heterocycles. The molecule has 1 saturated heterocycles. The minimum atomic E-state index is -4.32. The molecule has 1 aliphatic rings. The molecule has 0 unspecified atom stereocenters. The molecule has 0 radical (unpaired) electrons. The molecule has 1 fully saturated rings. The SMILES string of the molecule is Cc1cc(-c2ccc(OC3CN(Cc4ccc(C(F)(F)F)cc4)C3)cn2)ccc1C(=O)N[C@@H](C)CO. The van der Waals surface area contributed by atoms with Crippen molar-refractivity contribution in [3.8, 4) is 17.0 Å². The van der Waals surface area contributed by atoms with E-state index in [0.717, 1.165) is 34.5 Å². The lowest BCUT2D eigenvalue weighted by Gasteiger charge is -2.39. The number of nitrogens with one attached hydrogen (secondary N) is 1. The lowest BCUT2D eigenvalue weighted by molar-refractivity contribution is -0.137. The third kappa shape index (κ3) is 6.22. The van der Waals surface area contributed by atoms with E-state index in [4.69, 9.17) is 9.84 Å². The summed E-state index contributed by atoms with van der Waals surface area (Å²) in [6, 6.07) is 14.1. The number of aryl methyl sites for hydroxylation is 1. The highest BCUT2D eigenvalue weighted by Crippen LogP contribution is 2.30. The fraction of sp³-hybridized carbons (Fsp3) is 0.333. The van der Waals surface area contributed by atoms with Crippen LogP contribution >= 0.6 is 0 Å². The molecule has 1 atom stereocenters. The highest BCUT2D eigenvalue weighted by Gasteiger charge is 2.31. The summed E-state index contributed by atoms with van der Waals surface area (Å²) in [4.78, 5) is 18.9. The first-order valence-corrected chi connectivity index (χ1v) is 11.7. The quantitative estimate of drug-likeness (QED) is 0.479. The molecule has 0 aliphatic carbocycles. The van der Waals surface area contributed by atoms with Crippen molar-refractivity contribution in [1.29, 1.82) is 0 Å². The maximum absolute atomic E-state index is 12.7. The van der Waals surface area contributed by atoms with E-state index in [1.165, 1.54) is 12.1 Å². The topological polar surface area (TPSA) is 74.7 Å². The van der Waals surface area contributed by atoms with E-state index in [2.05, 4.69) is 15.2 Å². The molecule has 0 bridgehead atoms. The second-order valence-electron chi connectivity index (χ2n) is 9.09. The Balaban J connectivity index is 1.28. The van der Waals surface area contributed by atoms with E-state index < -0.39 is 11.7 Å². The summed E-state index contributed by atoms with van der Waals surface area (Å²) in [5.74, 6) is 0.411. The van der Waals surface area contributed by atoms with Gasteiger partial charge in [0.2, 0.25) is 0 Å². The molecule has 3 aromatic rings. The van der Waals surface area contributed by atoms with Crippen LogP contribution in [0.4, 0.5) is 13.2 Å². The van der Waals surface area contributed by atoms with Gasteiger partial charge in [0.1, 0.15) is 11.9 Å². The third-order valence-electron chi connectivity index (χ3n) is 6.07. The van der Waals surface area contributed by atoms with Gasteiger partial charge in [-0.3, -0.25) is 14.7 Å². The van der Waals surface area contributed by atoms with Crippen LogP contribution in [0.15, 0.2) is 60.8 Å². The standard InChI is InChI=1S/C27H28F3N3O3/c1-17-11-20(5-9-24(17)26(35)32-18(2)16-34)25-10-8-22(12-31-25)36-23-14-33(15-23)13-19-3-6-21(7-4-19)27(28,29)30/h3-12,18,23,34H,13-16H2,1-2H3,(H,32,35)/t18-/m0/s1. The Morgan fingerprint density at radius 3 is 2.47 bits per heavy atom. The molecule has 1 aromatic heterocycles. The first-order chi connectivity index (χ1) is 17.1. The van der Waals surface area contributed by atoms with Crippen LogP contribution in [-0.4, -0.2) is 52.7 Å². The van der Waals surface area contributed by atoms with Gasteiger partial charge in [0.25, 0.3) is 5.91 Å². The summed E-state index contributed by atoms with van der Waals surface area (Å²) in [5, 5.41) is 11.9. The van der Waals surface area contributed by atoms with E-state index in [0.29, 0.717) is 30.9 Å². The number of hydrogen-bond donors (Lipinski definition) is 2. The van der Waals surface area contributed by atoms with Gasteiger partial charge >= 0.3 is 6.18 Å². The van der Waals surface area contributed by atoms with Gasteiger partial charge in [-0.2, -0.15) is 13.2 Å². The maximum Gasteiger partial charge on any atom is 0.416 e. The zero-order chi connectivity index (χ0) is 25.9. The molecule has 2 heterocycles. The number of aliphatic hydroxyl groups excluding tert-OH is 1. The average Bonchev–Trinajstić information content (AvgIpc) is 2.82. The van der Waals surface area contributed by atoms with Gasteiger partial charge in [-0.25, -0.2) is 0 Å². The molecule has 190 valence electrons. The smallest absolute Gasteiger partial charge is 0.416 e. The van der Waals surface area contributed by atoms with Crippen molar-refractivity contribution in [3.63, 3.8) is 0 Å². The van der Waals surface area contributed by atoms with E-state index in [1.807, 2.05) is 31.2 Å². The Morgan fingerprint density at radius 2 is 1.89 bits per heavy atom. The Kier molecular flexibility index (Phi) is 7.61. The first kappa shape index (κ1) is 25.7. The third-order valence-corrected chi connectivity index (χ3v) is 6.07. The Bertz CT molecular complexity index is 1190. The molecule has 36 heavy (non-hydrogen) atoms. The van der Waals surface area contributed by atoms with Crippen LogP contribution in [0.2, 0.25) is 0 Å². The monoisotopic (exact) mass is 499 g/mol. The molecular formula is C27H28F3N3O3. The minimum Gasteiger partial charge on any atom is -0.486 e. The summed E-state index contributed by atoms with van der Waals surface area (Å²) < 4.78 is 44.1. The fourth-order valence-corrected chi connectivity index (χ4v) is 4.02. The molecule has 1 amide bonds.